The summed E-state index contributed by atoms with van der Waals surface area (Å²) < 4.78 is 15.8. The SMILES string of the molecule is COC(=O)C1=C(C)NC2=C(C(=O)C[C@@H](c3ccc(OC)c(OC)c3)C2)[C@@H]1c1cccs1. The normalized spacial score (nSPS) is 20.8. The molecular formula is C24H25NO5S. The number of ketones is 1. The highest BCUT2D eigenvalue weighted by atomic mass is 32.1. The molecule has 31 heavy (non-hydrogen) atoms. The monoisotopic (exact) mass is 439 g/mol. The van der Waals surface area contributed by atoms with E-state index >= 15 is 0 Å². The van der Waals surface area contributed by atoms with Crippen LogP contribution < -0.4 is 14.8 Å². The number of nitrogens with one attached hydrogen (secondary N) is 1. The first kappa shape index (κ1) is 21.2. The molecule has 0 amide bonds. The number of dihydropyridines is 1. The topological polar surface area (TPSA) is 73.9 Å². The Bertz CT molecular complexity index is 1080. The summed E-state index contributed by atoms with van der Waals surface area (Å²) in [5, 5.41) is 5.30. The molecule has 2 aromatic rings. The van der Waals surface area contributed by atoms with Crippen LogP contribution in [0.5, 0.6) is 11.5 Å². The van der Waals surface area contributed by atoms with Gasteiger partial charge in [0.1, 0.15) is 0 Å². The van der Waals surface area contributed by atoms with Gasteiger partial charge in [0.05, 0.1) is 32.8 Å². The Morgan fingerprint density at radius 3 is 2.52 bits per heavy atom. The predicted molar refractivity (Wildman–Crippen MR) is 118 cm³/mol. The van der Waals surface area contributed by atoms with Crippen LogP contribution in [0.15, 0.2) is 58.3 Å². The Labute approximate surface area is 185 Å². The summed E-state index contributed by atoms with van der Waals surface area (Å²) in [6, 6.07) is 9.69. The van der Waals surface area contributed by atoms with Crippen LogP contribution in [0.4, 0.5) is 0 Å². The van der Waals surface area contributed by atoms with Gasteiger partial charge in [0, 0.05) is 28.3 Å². The van der Waals surface area contributed by atoms with Crippen molar-refractivity contribution < 1.29 is 23.8 Å². The van der Waals surface area contributed by atoms with Crippen molar-refractivity contribution in [2.75, 3.05) is 21.3 Å². The van der Waals surface area contributed by atoms with Crippen LogP contribution in [0.3, 0.4) is 0 Å². The van der Waals surface area contributed by atoms with Crippen LogP contribution in [-0.4, -0.2) is 33.1 Å². The Kier molecular flexibility index (Phi) is 5.87. The number of allylic oxidation sites excluding steroid dienone is 3. The molecule has 1 aromatic heterocycles. The molecule has 4 rings (SSSR count). The summed E-state index contributed by atoms with van der Waals surface area (Å²) in [5.41, 5.74) is 3.79. The van der Waals surface area contributed by atoms with E-state index in [0.717, 1.165) is 21.8 Å². The van der Waals surface area contributed by atoms with E-state index in [1.807, 2.05) is 42.6 Å². The molecule has 0 radical (unpaired) electrons. The van der Waals surface area contributed by atoms with Crippen molar-refractivity contribution in [2.45, 2.75) is 31.6 Å². The first-order chi connectivity index (χ1) is 15.0. The average molecular weight is 440 g/mol. The van der Waals surface area contributed by atoms with Crippen LogP contribution in [0.2, 0.25) is 0 Å². The van der Waals surface area contributed by atoms with Crippen LogP contribution in [0.25, 0.3) is 0 Å². The molecule has 1 aliphatic heterocycles. The first-order valence-electron chi connectivity index (χ1n) is 10.1. The third-order valence-corrected chi connectivity index (χ3v) is 6.88. The maximum atomic E-state index is 13.4. The van der Waals surface area contributed by atoms with Crippen LogP contribution in [-0.2, 0) is 14.3 Å². The number of hydrogen-bond acceptors (Lipinski definition) is 7. The van der Waals surface area contributed by atoms with Gasteiger partial charge in [0.2, 0.25) is 0 Å². The van der Waals surface area contributed by atoms with E-state index in [0.29, 0.717) is 35.5 Å². The molecule has 0 saturated carbocycles. The zero-order valence-corrected chi connectivity index (χ0v) is 18.8. The van der Waals surface area contributed by atoms with Gasteiger partial charge in [-0.15, -0.1) is 11.3 Å². The van der Waals surface area contributed by atoms with E-state index in [9.17, 15) is 9.59 Å². The number of carbonyl (C=O) groups excluding carboxylic acids is 2. The molecule has 0 unspecified atom stereocenters. The van der Waals surface area contributed by atoms with E-state index in [1.54, 1.807) is 25.6 Å². The van der Waals surface area contributed by atoms with E-state index in [4.69, 9.17) is 14.2 Å². The molecule has 6 nitrogen and oxygen atoms in total. The number of hydrogen-bond donors (Lipinski definition) is 1. The highest BCUT2D eigenvalue weighted by Gasteiger charge is 2.41. The fourth-order valence-electron chi connectivity index (χ4n) is 4.50. The summed E-state index contributed by atoms with van der Waals surface area (Å²) in [7, 11) is 4.57. The van der Waals surface area contributed by atoms with Gasteiger partial charge in [-0.25, -0.2) is 4.79 Å². The summed E-state index contributed by atoms with van der Waals surface area (Å²) in [4.78, 5) is 27.0. The first-order valence-corrected chi connectivity index (χ1v) is 10.9. The average Bonchev–Trinajstić information content (AvgIpc) is 3.31. The van der Waals surface area contributed by atoms with Gasteiger partial charge in [0.15, 0.2) is 17.3 Å². The van der Waals surface area contributed by atoms with Crippen LogP contribution >= 0.6 is 11.3 Å². The van der Waals surface area contributed by atoms with Gasteiger partial charge >= 0.3 is 5.97 Å². The van der Waals surface area contributed by atoms with Crippen molar-refractivity contribution in [3.05, 3.63) is 68.7 Å². The van der Waals surface area contributed by atoms with Gasteiger partial charge in [-0.05, 0) is 48.4 Å². The van der Waals surface area contributed by atoms with E-state index < -0.39 is 11.9 Å². The third kappa shape index (κ3) is 3.74. The Morgan fingerprint density at radius 2 is 1.87 bits per heavy atom. The van der Waals surface area contributed by atoms with Gasteiger partial charge in [-0.3, -0.25) is 4.79 Å². The molecule has 2 atom stereocenters. The number of rotatable bonds is 5. The minimum Gasteiger partial charge on any atom is -0.493 e. The molecule has 1 aliphatic carbocycles. The van der Waals surface area contributed by atoms with Gasteiger partial charge < -0.3 is 19.5 Å². The number of esters is 1. The highest BCUT2D eigenvalue weighted by molar-refractivity contribution is 7.10. The Balaban J connectivity index is 1.75. The largest absolute Gasteiger partial charge is 0.493 e. The molecule has 1 aromatic carbocycles. The molecule has 0 saturated heterocycles. The molecular weight excluding hydrogens is 414 g/mol. The Morgan fingerprint density at radius 1 is 1.10 bits per heavy atom. The van der Waals surface area contributed by atoms with Gasteiger partial charge in [-0.2, -0.15) is 0 Å². The lowest BCUT2D eigenvalue weighted by Crippen LogP contribution is -2.35. The second-order valence-electron chi connectivity index (χ2n) is 7.64. The molecule has 2 heterocycles. The number of carbonyl (C=O) groups is 2. The number of thiophene rings is 1. The fraction of sp³-hybridized carbons (Fsp3) is 0.333. The van der Waals surface area contributed by atoms with Crippen LogP contribution in [0.1, 0.15) is 42.0 Å². The number of Topliss-reactive ketones (excluding diaryl/α,β-unsaturated/α-hetero) is 1. The maximum Gasteiger partial charge on any atom is 0.336 e. The van der Waals surface area contributed by atoms with Crippen molar-refractivity contribution in [1.29, 1.82) is 0 Å². The van der Waals surface area contributed by atoms with Crippen molar-refractivity contribution in [3.8, 4) is 11.5 Å². The van der Waals surface area contributed by atoms with Gasteiger partial charge in [0.25, 0.3) is 0 Å². The van der Waals surface area contributed by atoms with E-state index in [1.165, 1.54) is 7.11 Å². The molecule has 0 fully saturated rings. The molecule has 0 spiro atoms. The minimum atomic E-state index is -0.412. The summed E-state index contributed by atoms with van der Waals surface area (Å²) in [6.07, 6.45) is 1.04. The van der Waals surface area contributed by atoms with Crippen molar-refractivity contribution in [2.24, 2.45) is 0 Å². The Hall–Kier alpha value is -3.06. The van der Waals surface area contributed by atoms with Crippen molar-refractivity contribution >= 4 is 23.1 Å². The standard InChI is InChI=1S/C24H25NO5S/c1-13-21(24(27)30-4)23(20-6-5-9-31-20)22-16(25-13)10-15(11-17(22)26)14-7-8-18(28-2)19(12-14)29-3/h5-9,12,15,23,25H,10-11H2,1-4H3/t15-,23+/m0/s1. The molecule has 0 bridgehead atoms. The minimum absolute atomic E-state index is 0.00928. The van der Waals surface area contributed by atoms with Gasteiger partial charge in [-0.1, -0.05) is 12.1 Å². The highest BCUT2D eigenvalue weighted by Crippen LogP contribution is 2.47. The zero-order chi connectivity index (χ0) is 22.1. The van der Waals surface area contributed by atoms with E-state index in [-0.39, 0.29) is 11.7 Å². The second-order valence-corrected chi connectivity index (χ2v) is 8.62. The second kappa shape index (κ2) is 8.59. The molecule has 1 N–H and O–H groups in total. The smallest absolute Gasteiger partial charge is 0.336 e. The van der Waals surface area contributed by atoms with Crippen molar-refractivity contribution in [3.63, 3.8) is 0 Å². The summed E-state index contributed by atoms with van der Waals surface area (Å²) in [5.74, 6) is 0.538. The lowest BCUT2D eigenvalue weighted by atomic mass is 9.73. The van der Waals surface area contributed by atoms with E-state index in [2.05, 4.69) is 5.32 Å². The fourth-order valence-corrected chi connectivity index (χ4v) is 5.35. The quantitative estimate of drug-likeness (QED) is 0.701. The zero-order valence-electron chi connectivity index (χ0n) is 18.0. The number of ether oxygens (including phenoxy) is 3. The van der Waals surface area contributed by atoms with Crippen molar-refractivity contribution in [1.82, 2.24) is 5.32 Å². The number of methoxy groups -OCH3 is 3. The van der Waals surface area contributed by atoms with Crippen LogP contribution in [0, 0.1) is 0 Å². The predicted octanol–water partition coefficient (Wildman–Crippen LogP) is 4.30. The number of benzene rings is 1. The summed E-state index contributed by atoms with van der Waals surface area (Å²) >= 11 is 1.54. The summed E-state index contributed by atoms with van der Waals surface area (Å²) in [6.45, 7) is 1.86. The lowest BCUT2D eigenvalue weighted by molar-refractivity contribution is -0.136. The lowest BCUT2D eigenvalue weighted by Gasteiger charge is -2.36. The molecule has 162 valence electrons. The third-order valence-electron chi connectivity index (χ3n) is 5.94. The molecule has 2 aliphatic rings. The maximum absolute atomic E-state index is 13.4. The molecule has 7 heteroatoms.